The van der Waals surface area contributed by atoms with Gasteiger partial charge in [-0.05, 0) is 43.5 Å². The van der Waals surface area contributed by atoms with E-state index in [0.29, 0.717) is 11.6 Å². The molecule has 2 amide bonds. The first-order chi connectivity index (χ1) is 15.4. The van der Waals surface area contributed by atoms with E-state index in [1.54, 1.807) is 25.1 Å². The summed E-state index contributed by atoms with van der Waals surface area (Å²) in [6, 6.07) is 13.1. The van der Waals surface area contributed by atoms with Gasteiger partial charge in [0.15, 0.2) is 0 Å². The van der Waals surface area contributed by atoms with E-state index in [1.165, 1.54) is 11.0 Å². The van der Waals surface area contributed by atoms with Crippen molar-refractivity contribution < 1.29 is 18.0 Å². The Morgan fingerprint density at radius 1 is 1.06 bits per heavy atom. The second kappa shape index (κ2) is 11.5. The number of benzene rings is 2. The van der Waals surface area contributed by atoms with E-state index < -0.39 is 28.5 Å². The molecule has 0 spiro atoms. The molecule has 0 heterocycles. The van der Waals surface area contributed by atoms with Crippen LogP contribution in [0.3, 0.4) is 0 Å². The van der Waals surface area contributed by atoms with E-state index in [9.17, 15) is 18.0 Å². The fourth-order valence-corrected chi connectivity index (χ4v) is 4.20. The Balaban J connectivity index is 2.35. The first-order valence-corrected chi connectivity index (χ1v) is 13.0. The molecule has 0 aliphatic rings. The van der Waals surface area contributed by atoms with E-state index >= 15 is 0 Å². The predicted molar refractivity (Wildman–Crippen MR) is 133 cm³/mol. The van der Waals surface area contributed by atoms with Crippen molar-refractivity contribution in [2.75, 3.05) is 23.7 Å². The fourth-order valence-electron chi connectivity index (χ4n) is 3.17. The zero-order chi connectivity index (χ0) is 24.8. The maximum absolute atomic E-state index is 13.4. The van der Waals surface area contributed by atoms with Gasteiger partial charge in [0.25, 0.3) is 0 Å². The Morgan fingerprint density at radius 3 is 2.24 bits per heavy atom. The van der Waals surface area contributed by atoms with Gasteiger partial charge in [-0.25, -0.2) is 8.42 Å². The van der Waals surface area contributed by atoms with Crippen LogP contribution in [0.4, 0.5) is 5.69 Å². The molecule has 33 heavy (non-hydrogen) atoms. The molecule has 1 atom stereocenters. The molecule has 0 fully saturated rings. The van der Waals surface area contributed by atoms with Gasteiger partial charge < -0.3 is 10.2 Å². The quantitative estimate of drug-likeness (QED) is 0.547. The molecule has 2 aromatic carbocycles. The molecule has 0 radical (unpaired) electrons. The van der Waals surface area contributed by atoms with Crippen LogP contribution in [0.5, 0.6) is 0 Å². The van der Waals surface area contributed by atoms with Crippen molar-refractivity contribution in [3.8, 4) is 0 Å². The van der Waals surface area contributed by atoms with Crippen LogP contribution < -0.4 is 9.62 Å². The van der Waals surface area contributed by atoms with Crippen molar-refractivity contribution in [2.24, 2.45) is 5.92 Å². The van der Waals surface area contributed by atoms with Gasteiger partial charge in [-0.2, -0.15) is 0 Å². The van der Waals surface area contributed by atoms with E-state index in [1.807, 2.05) is 45.0 Å². The van der Waals surface area contributed by atoms with Crippen molar-refractivity contribution in [1.29, 1.82) is 0 Å². The summed E-state index contributed by atoms with van der Waals surface area (Å²) >= 11 is 6.04. The molecule has 0 aliphatic heterocycles. The Kier molecular flexibility index (Phi) is 9.31. The number of hydrogen-bond acceptors (Lipinski definition) is 4. The van der Waals surface area contributed by atoms with Crippen LogP contribution in [0.15, 0.2) is 48.5 Å². The number of aryl methyl sites for hydroxylation is 1. The average molecular weight is 494 g/mol. The van der Waals surface area contributed by atoms with Crippen LogP contribution in [0.25, 0.3) is 0 Å². The number of rotatable bonds is 10. The minimum atomic E-state index is -3.78. The first kappa shape index (κ1) is 26.7. The molecule has 0 saturated heterocycles. The molecule has 9 heteroatoms. The van der Waals surface area contributed by atoms with Crippen LogP contribution >= 0.6 is 11.6 Å². The number of nitrogens with zero attached hydrogens (tertiary/aromatic N) is 2. The van der Waals surface area contributed by atoms with Crippen LogP contribution in [-0.4, -0.2) is 50.5 Å². The Hall–Kier alpha value is -2.58. The van der Waals surface area contributed by atoms with Crippen molar-refractivity contribution in [3.63, 3.8) is 0 Å². The van der Waals surface area contributed by atoms with Gasteiger partial charge in [0.2, 0.25) is 21.8 Å². The lowest BCUT2D eigenvalue weighted by atomic mass is 10.1. The lowest BCUT2D eigenvalue weighted by Crippen LogP contribution is -2.51. The molecule has 0 aliphatic carbocycles. The third-order valence-corrected chi connectivity index (χ3v) is 6.48. The standard InChI is InChI=1S/C24H32ClN3O4S/c1-17(2)14-26-24(30)19(4)27(15-20-11-9-18(3)10-12-20)23(29)16-28(33(5,31)32)22-8-6-7-21(25)13-22/h6-13,17,19H,14-16H2,1-5H3,(H,26,30)/t19-/m1/s1. The predicted octanol–water partition coefficient (Wildman–Crippen LogP) is 3.60. The topological polar surface area (TPSA) is 86.8 Å². The van der Waals surface area contributed by atoms with Crippen LogP contribution in [0, 0.1) is 12.8 Å². The van der Waals surface area contributed by atoms with Crippen molar-refractivity contribution in [3.05, 3.63) is 64.7 Å². The van der Waals surface area contributed by atoms with Gasteiger partial charge in [0.1, 0.15) is 12.6 Å². The van der Waals surface area contributed by atoms with Crippen LogP contribution in [-0.2, 0) is 26.2 Å². The highest BCUT2D eigenvalue weighted by Gasteiger charge is 2.30. The molecular weight excluding hydrogens is 462 g/mol. The summed E-state index contributed by atoms with van der Waals surface area (Å²) in [5, 5.41) is 3.21. The number of amides is 2. The number of anilines is 1. The average Bonchev–Trinajstić information content (AvgIpc) is 2.73. The SMILES string of the molecule is Cc1ccc(CN(C(=O)CN(c2cccc(Cl)c2)S(C)(=O)=O)[C@H](C)C(=O)NCC(C)C)cc1. The summed E-state index contributed by atoms with van der Waals surface area (Å²) in [5.74, 6) is -0.531. The highest BCUT2D eigenvalue weighted by Crippen LogP contribution is 2.22. The summed E-state index contributed by atoms with van der Waals surface area (Å²) < 4.78 is 26.0. The molecular formula is C24H32ClN3O4S. The van der Waals surface area contributed by atoms with E-state index in [4.69, 9.17) is 11.6 Å². The van der Waals surface area contributed by atoms with E-state index in [-0.39, 0.29) is 24.1 Å². The molecule has 0 unspecified atom stereocenters. The maximum atomic E-state index is 13.4. The number of hydrogen-bond donors (Lipinski definition) is 1. The second-order valence-corrected chi connectivity index (χ2v) is 10.9. The first-order valence-electron chi connectivity index (χ1n) is 10.7. The number of sulfonamides is 1. The molecule has 0 aromatic heterocycles. The summed E-state index contributed by atoms with van der Waals surface area (Å²) in [6.07, 6.45) is 1.03. The number of halogens is 1. The normalized spacial score (nSPS) is 12.3. The third-order valence-electron chi connectivity index (χ3n) is 5.10. The zero-order valence-corrected chi connectivity index (χ0v) is 21.3. The fraction of sp³-hybridized carbons (Fsp3) is 0.417. The summed E-state index contributed by atoms with van der Waals surface area (Å²) in [5.41, 5.74) is 2.19. The minimum Gasteiger partial charge on any atom is -0.354 e. The van der Waals surface area contributed by atoms with Gasteiger partial charge in [-0.1, -0.05) is 61.3 Å². The minimum absolute atomic E-state index is 0.169. The molecule has 180 valence electrons. The Morgan fingerprint density at radius 2 is 1.70 bits per heavy atom. The van der Waals surface area contributed by atoms with Gasteiger partial charge in [-0.15, -0.1) is 0 Å². The third kappa shape index (κ3) is 8.05. The summed E-state index contributed by atoms with van der Waals surface area (Å²) in [7, 11) is -3.78. The lowest BCUT2D eigenvalue weighted by molar-refractivity contribution is -0.139. The molecule has 2 rings (SSSR count). The molecule has 7 nitrogen and oxygen atoms in total. The van der Waals surface area contributed by atoms with E-state index in [2.05, 4.69) is 5.32 Å². The van der Waals surface area contributed by atoms with Crippen molar-refractivity contribution >= 4 is 39.1 Å². The summed E-state index contributed by atoms with van der Waals surface area (Å²) in [4.78, 5) is 27.6. The van der Waals surface area contributed by atoms with Crippen LogP contribution in [0.2, 0.25) is 5.02 Å². The molecule has 2 aromatic rings. The number of nitrogens with one attached hydrogen (secondary N) is 1. The van der Waals surface area contributed by atoms with Crippen molar-refractivity contribution in [2.45, 2.75) is 40.3 Å². The Labute approximate surface area is 201 Å². The van der Waals surface area contributed by atoms with E-state index in [0.717, 1.165) is 21.7 Å². The number of carbonyl (C=O) groups excluding carboxylic acids is 2. The van der Waals surface area contributed by atoms with Gasteiger partial charge in [0.05, 0.1) is 11.9 Å². The number of carbonyl (C=O) groups is 2. The molecule has 0 saturated carbocycles. The van der Waals surface area contributed by atoms with Gasteiger partial charge >= 0.3 is 0 Å². The summed E-state index contributed by atoms with van der Waals surface area (Å²) in [6.45, 7) is 7.77. The highest BCUT2D eigenvalue weighted by molar-refractivity contribution is 7.92. The lowest BCUT2D eigenvalue weighted by Gasteiger charge is -2.31. The smallest absolute Gasteiger partial charge is 0.244 e. The van der Waals surface area contributed by atoms with Gasteiger partial charge in [0, 0.05) is 18.1 Å². The monoisotopic (exact) mass is 493 g/mol. The maximum Gasteiger partial charge on any atom is 0.244 e. The molecule has 1 N–H and O–H groups in total. The van der Waals surface area contributed by atoms with Gasteiger partial charge in [-0.3, -0.25) is 13.9 Å². The Bertz CT molecular complexity index is 1070. The highest BCUT2D eigenvalue weighted by atomic mass is 35.5. The van der Waals surface area contributed by atoms with Crippen molar-refractivity contribution in [1.82, 2.24) is 10.2 Å². The second-order valence-electron chi connectivity index (χ2n) is 8.57. The van der Waals surface area contributed by atoms with Crippen LogP contribution in [0.1, 0.15) is 31.9 Å². The zero-order valence-electron chi connectivity index (χ0n) is 19.7. The molecule has 0 bridgehead atoms. The largest absolute Gasteiger partial charge is 0.354 e.